The summed E-state index contributed by atoms with van der Waals surface area (Å²) in [6, 6.07) is 7.43. The lowest BCUT2D eigenvalue weighted by Gasteiger charge is -2.32. The first-order valence-corrected chi connectivity index (χ1v) is 10.6. The smallest absolute Gasteiger partial charge is 0.239 e. The minimum absolute atomic E-state index is 0.0365. The second kappa shape index (κ2) is 7.63. The molecular weight excluding hydrogens is 356 g/mol. The molecule has 2 saturated heterocycles. The summed E-state index contributed by atoms with van der Waals surface area (Å²) < 4.78 is 24.6. The van der Waals surface area contributed by atoms with Gasteiger partial charge in [0.05, 0.1) is 24.2 Å². The van der Waals surface area contributed by atoms with Gasteiger partial charge in [0, 0.05) is 32.1 Å². The molecule has 2 N–H and O–H groups in total. The van der Waals surface area contributed by atoms with Crippen molar-refractivity contribution in [1.29, 1.82) is 0 Å². The molecule has 9 heteroatoms. The molecule has 142 valence electrons. The Morgan fingerprint density at radius 3 is 2.54 bits per heavy atom. The highest BCUT2D eigenvalue weighted by Crippen LogP contribution is 2.28. The molecule has 2 fully saturated rings. The van der Waals surface area contributed by atoms with E-state index in [1.807, 2.05) is 29.2 Å². The predicted molar refractivity (Wildman–Crippen MR) is 99.4 cm³/mol. The third kappa shape index (κ3) is 4.34. The molecule has 0 aliphatic carbocycles. The average molecular weight is 380 g/mol. The van der Waals surface area contributed by atoms with Crippen molar-refractivity contribution >= 4 is 33.2 Å². The molecule has 1 aromatic carbocycles. The van der Waals surface area contributed by atoms with Crippen LogP contribution >= 0.6 is 0 Å². The summed E-state index contributed by atoms with van der Waals surface area (Å²) in [5.41, 5.74) is 1.50. The van der Waals surface area contributed by atoms with Gasteiger partial charge in [0.1, 0.15) is 0 Å². The van der Waals surface area contributed by atoms with Gasteiger partial charge in [-0.05, 0) is 25.0 Å². The van der Waals surface area contributed by atoms with E-state index in [4.69, 9.17) is 0 Å². The Morgan fingerprint density at radius 2 is 1.88 bits per heavy atom. The van der Waals surface area contributed by atoms with Gasteiger partial charge in [-0.15, -0.1) is 0 Å². The van der Waals surface area contributed by atoms with Gasteiger partial charge in [-0.2, -0.15) is 0 Å². The molecule has 0 spiro atoms. The van der Waals surface area contributed by atoms with Crippen molar-refractivity contribution in [2.24, 2.45) is 5.92 Å². The zero-order chi connectivity index (χ0) is 18.7. The fourth-order valence-electron chi connectivity index (χ4n) is 3.38. The van der Waals surface area contributed by atoms with Crippen molar-refractivity contribution in [1.82, 2.24) is 9.62 Å². The number of piperazine rings is 1. The predicted octanol–water partition coefficient (Wildman–Crippen LogP) is 0.233. The Hall–Kier alpha value is -2.13. The topological polar surface area (TPSA) is 98.8 Å². The van der Waals surface area contributed by atoms with E-state index in [2.05, 4.69) is 10.6 Å². The highest BCUT2D eigenvalue weighted by Gasteiger charge is 2.29. The quantitative estimate of drug-likeness (QED) is 0.779. The summed E-state index contributed by atoms with van der Waals surface area (Å²) in [7, 11) is -3.20. The fraction of sp³-hybridized carbons (Fsp3) is 0.529. The van der Waals surface area contributed by atoms with E-state index in [1.165, 1.54) is 10.6 Å². The number of piperidine rings is 1. The van der Waals surface area contributed by atoms with Crippen molar-refractivity contribution in [2.75, 3.05) is 49.2 Å². The lowest BCUT2D eigenvalue weighted by atomic mass is 9.97. The molecule has 2 aliphatic rings. The van der Waals surface area contributed by atoms with E-state index in [0.717, 1.165) is 5.69 Å². The molecule has 0 atom stereocenters. The normalized spacial score (nSPS) is 19.9. The number of amides is 2. The van der Waals surface area contributed by atoms with Crippen molar-refractivity contribution in [3.05, 3.63) is 24.3 Å². The maximum absolute atomic E-state index is 12.6. The first-order chi connectivity index (χ1) is 12.3. The minimum atomic E-state index is -3.20. The van der Waals surface area contributed by atoms with Gasteiger partial charge in [-0.25, -0.2) is 12.7 Å². The van der Waals surface area contributed by atoms with Crippen LogP contribution in [0.3, 0.4) is 0 Å². The number of sulfonamides is 1. The second-order valence-corrected chi connectivity index (χ2v) is 8.70. The van der Waals surface area contributed by atoms with Gasteiger partial charge in [-0.1, -0.05) is 12.1 Å². The van der Waals surface area contributed by atoms with Crippen LogP contribution in [0.1, 0.15) is 12.8 Å². The van der Waals surface area contributed by atoms with E-state index in [9.17, 15) is 18.0 Å². The number of hydrogen-bond donors (Lipinski definition) is 2. The van der Waals surface area contributed by atoms with Crippen molar-refractivity contribution < 1.29 is 18.0 Å². The third-order valence-corrected chi connectivity index (χ3v) is 6.14. The monoisotopic (exact) mass is 380 g/mol. The van der Waals surface area contributed by atoms with Crippen LogP contribution in [-0.4, -0.2) is 63.5 Å². The lowest BCUT2D eigenvalue weighted by molar-refractivity contribution is -0.121. The number of rotatable bonds is 4. The summed E-state index contributed by atoms with van der Waals surface area (Å²) in [6.45, 7) is 2.26. The van der Waals surface area contributed by atoms with Crippen LogP contribution < -0.4 is 15.5 Å². The lowest BCUT2D eigenvalue weighted by Crippen LogP contribution is -2.48. The van der Waals surface area contributed by atoms with Gasteiger partial charge < -0.3 is 15.5 Å². The number of anilines is 2. The Bertz CT molecular complexity index is 788. The van der Waals surface area contributed by atoms with Crippen LogP contribution in [0.2, 0.25) is 0 Å². The van der Waals surface area contributed by atoms with E-state index >= 15 is 0 Å². The number of carbonyl (C=O) groups excluding carboxylic acids is 2. The van der Waals surface area contributed by atoms with Crippen LogP contribution in [0.15, 0.2) is 24.3 Å². The first-order valence-electron chi connectivity index (χ1n) is 8.71. The average Bonchev–Trinajstić information content (AvgIpc) is 2.61. The zero-order valence-electron chi connectivity index (χ0n) is 14.8. The molecule has 26 heavy (non-hydrogen) atoms. The molecule has 0 bridgehead atoms. The summed E-state index contributed by atoms with van der Waals surface area (Å²) in [4.78, 5) is 26.2. The number of carbonyl (C=O) groups is 2. The van der Waals surface area contributed by atoms with E-state index < -0.39 is 10.0 Å². The number of para-hydroxylation sites is 2. The van der Waals surface area contributed by atoms with Crippen LogP contribution in [0.4, 0.5) is 11.4 Å². The minimum Gasteiger partial charge on any atom is -0.359 e. The number of benzene rings is 1. The number of nitrogens with one attached hydrogen (secondary N) is 2. The molecule has 0 aromatic heterocycles. The fourth-order valence-corrected chi connectivity index (χ4v) is 4.26. The summed E-state index contributed by atoms with van der Waals surface area (Å²) in [5, 5.41) is 5.75. The van der Waals surface area contributed by atoms with Crippen LogP contribution in [-0.2, 0) is 19.6 Å². The van der Waals surface area contributed by atoms with Gasteiger partial charge in [0.2, 0.25) is 21.8 Å². The molecule has 1 aromatic rings. The van der Waals surface area contributed by atoms with Gasteiger partial charge >= 0.3 is 0 Å². The molecule has 0 unspecified atom stereocenters. The maximum Gasteiger partial charge on any atom is 0.239 e. The highest BCUT2D eigenvalue weighted by atomic mass is 32.2. The SMILES string of the molecule is CS(=O)(=O)N1CCC(C(=O)Nc2ccccc2N2CCNC(=O)C2)CC1. The first kappa shape index (κ1) is 18.7. The number of hydrogen-bond acceptors (Lipinski definition) is 5. The Morgan fingerprint density at radius 1 is 1.19 bits per heavy atom. The molecule has 0 saturated carbocycles. The van der Waals surface area contributed by atoms with Crippen molar-refractivity contribution in [2.45, 2.75) is 12.8 Å². The molecular formula is C17H24N4O4S. The van der Waals surface area contributed by atoms with Crippen LogP contribution in [0, 0.1) is 5.92 Å². The van der Waals surface area contributed by atoms with E-state index in [-0.39, 0.29) is 24.3 Å². The molecule has 2 amide bonds. The van der Waals surface area contributed by atoms with E-state index in [0.29, 0.717) is 44.7 Å². The Labute approximate surface area is 153 Å². The highest BCUT2D eigenvalue weighted by molar-refractivity contribution is 7.88. The van der Waals surface area contributed by atoms with Crippen molar-refractivity contribution in [3.63, 3.8) is 0 Å². The standard InChI is InChI=1S/C17H24N4O4S/c1-26(24,25)21-9-6-13(7-10-21)17(23)19-14-4-2-3-5-15(14)20-11-8-18-16(22)12-20/h2-5,13H,6-12H2,1H3,(H,18,22)(H,19,23). The maximum atomic E-state index is 12.6. The Kier molecular flexibility index (Phi) is 5.47. The Balaban J connectivity index is 1.66. The second-order valence-electron chi connectivity index (χ2n) is 6.71. The largest absolute Gasteiger partial charge is 0.359 e. The summed E-state index contributed by atoms with van der Waals surface area (Å²) in [6.07, 6.45) is 2.21. The number of nitrogens with zero attached hydrogens (tertiary/aromatic N) is 2. The molecule has 8 nitrogen and oxygen atoms in total. The zero-order valence-corrected chi connectivity index (χ0v) is 15.6. The van der Waals surface area contributed by atoms with Crippen LogP contribution in [0.5, 0.6) is 0 Å². The van der Waals surface area contributed by atoms with Crippen LogP contribution in [0.25, 0.3) is 0 Å². The molecule has 2 heterocycles. The van der Waals surface area contributed by atoms with Gasteiger partial charge in [0.25, 0.3) is 0 Å². The van der Waals surface area contributed by atoms with E-state index in [1.54, 1.807) is 0 Å². The van der Waals surface area contributed by atoms with Crippen molar-refractivity contribution in [3.8, 4) is 0 Å². The summed E-state index contributed by atoms with van der Waals surface area (Å²) >= 11 is 0. The third-order valence-electron chi connectivity index (χ3n) is 4.83. The molecule has 2 aliphatic heterocycles. The van der Waals surface area contributed by atoms with Gasteiger partial charge in [0.15, 0.2) is 0 Å². The van der Waals surface area contributed by atoms with Gasteiger partial charge in [-0.3, -0.25) is 9.59 Å². The summed E-state index contributed by atoms with van der Waals surface area (Å²) in [5.74, 6) is -0.358. The molecule has 3 rings (SSSR count). The molecule has 0 radical (unpaired) electrons.